The van der Waals surface area contributed by atoms with Gasteiger partial charge in [-0.1, -0.05) is 11.6 Å². The Morgan fingerprint density at radius 3 is 2.41 bits per heavy atom. The number of rotatable bonds is 11. The fourth-order valence-electron chi connectivity index (χ4n) is 2.47. The van der Waals surface area contributed by atoms with Gasteiger partial charge in [0.05, 0.1) is 37.6 Å². The van der Waals surface area contributed by atoms with Crippen LogP contribution in [-0.2, 0) is 30.7 Å². The number of aromatic nitrogens is 3. The Kier molecular flexibility index (Phi) is 9.70. The highest BCUT2D eigenvalue weighted by Gasteiger charge is 2.26. The minimum Gasteiger partial charge on any atom is -0.481 e. The third-order valence-corrected chi connectivity index (χ3v) is 5.82. The van der Waals surface area contributed by atoms with Gasteiger partial charge in [0.25, 0.3) is 16.4 Å². The van der Waals surface area contributed by atoms with Gasteiger partial charge in [-0.3, -0.25) is 10.3 Å². The van der Waals surface area contributed by atoms with Crippen molar-refractivity contribution in [2.75, 3.05) is 33.3 Å². The molecule has 2 amide bonds. The predicted octanol–water partition coefficient (Wildman–Crippen LogP) is 1.47. The summed E-state index contributed by atoms with van der Waals surface area (Å²) in [6.07, 6.45) is -0.897. The predicted molar refractivity (Wildman–Crippen MR) is 115 cm³/mol. The zero-order valence-corrected chi connectivity index (χ0v) is 19.8. The number of esters is 1. The fraction of sp³-hybridized carbons (Fsp3) is 0.389. The Morgan fingerprint density at radius 1 is 1.18 bits per heavy atom. The van der Waals surface area contributed by atoms with Gasteiger partial charge in [-0.05, 0) is 18.9 Å². The van der Waals surface area contributed by atoms with Crippen LogP contribution < -0.4 is 19.5 Å². The minimum atomic E-state index is -4.51. The number of methoxy groups -OCH3 is 3. The standard InChI is InChI=1S/C18H21ClFN5O8S/c1-30-12-9-13(31-2)23-17(22-12)24-18(27)25-34(28,29)14-10(19)6-7-21-11(14)5-4-8-33-16(26)15(20)32-3/h6-7,9,15H,4-5,8H2,1-3H3,(H2,22,23,24,25,27). The number of anilines is 1. The summed E-state index contributed by atoms with van der Waals surface area (Å²) in [5, 5.41) is 1.95. The quantitative estimate of drug-likeness (QED) is 0.324. The highest BCUT2D eigenvalue weighted by atomic mass is 35.5. The van der Waals surface area contributed by atoms with Crippen molar-refractivity contribution in [3.63, 3.8) is 0 Å². The van der Waals surface area contributed by atoms with E-state index >= 15 is 0 Å². The first-order chi connectivity index (χ1) is 16.1. The van der Waals surface area contributed by atoms with Crippen molar-refractivity contribution in [3.8, 4) is 11.8 Å². The third-order valence-electron chi connectivity index (χ3n) is 3.94. The number of nitrogens with one attached hydrogen (secondary N) is 2. The minimum absolute atomic E-state index is 0.00770. The molecule has 2 rings (SSSR count). The van der Waals surface area contributed by atoms with Gasteiger partial charge in [-0.2, -0.15) is 9.97 Å². The van der Waals surface area contributed by atoms with Crippen LogP contribution in [0.5, 0.6) is 11.8 Å². The van der Waals surface area contributed by atoms with Crippen LogP contribution in [0.1, 0.15) is 12.1 Å². The molecule has 2 aromatic rings. The highest BCUT2D eigenvalue weighted by Crippen LogP contribution is 2.25. The number of aryl methyl sites for hydroxylation is 1. The van der Waals surface area contributed by atoms with Crippen LogP contribution in [0.2, 0.25) is 5.02 Å². The molecule has 0 aliphatic heterocycles. The maximum atomic E-state index is 13.0. The summed E-state index contributed by atoms with van der Waals surface area (Å²) < 4.78 is 59.3. The van der Waals surface area contributed by atoms with E-state index in [0.29, 0.717) is 0 Å². The molecule has 0 radical (unpaired) electrons. The van der Waals surface area contributed by atoms with Crippen LogP contribution in [0.3, 0.4) is 0 Å². The molecule has 0 fully saturated rings. The van der Waals surface area contributed by atoms with Crippen molar-refractivity contribution in [3.05, 3.63) is 29.0 Å². The van der Waals surface area contributed by atoms with Crippen LogP contribution in [0.4, 0.5) is 15.1 Å². The molecule has 0 aliphatic rings. The monoisotopic (exact) mass is 521 g/mol. The summed E-state index contributed by atoms with van der Waals surface area (Å²) in [5.74, 6) is -1.38. The molecule has 13 nitrogen and oxygen atoms in total. The molecule has 186 valence electrons. The lowest BCUT2D eigenvalue weighted by Crippen LogP contribution is -2.35. The average molecular weight is 522 g/mol. The second-order valence-electron chi connectivity index (χ2n) is 6.23. The van der Waals surface area contributed by atoms with Crippen molar-refractivity contribution in [2.45, 2.75) is 24.1 Å². The van der Waals surface area contributed by atoms with Gasteiger partial charge >= 0.3 is 12.0 Å². The molecule has 2 aromatic heterocycles. The van der Waals surface area contributed by atoms with Gasteiger partial charge in [0.1, 0.15) is 4.90 Å². The Hall–Kier alpha value is -3.30. The first-order valence-electron chi connectivity index (χ1n) is 9.39. The maximum Gasteiger partial charge on any atom is 0.368 e. The van der Waals surface area contributed by atoms with Gasteiger partial charge in [-0.15, -0.1) is 0 Å². The molecule has 2 heterocycles. The largest absolute Gasteiger partial charge is 0.481 e. The van der Waals surface area contributed by atoms with Crippen LogP contribution in [0, 0.1) is 0 Å². The van der Waals surface area contributed by atoms with Crippen molar-refractivity contribution in [2.24, 2.45) is 0 Å². The molecule has 1 atom stereocenters. The number of carbonyl (C=O) groups excluding carboxylic acids is 2. The van der Waals surface area contributed by atoms with Crippen molar-refractivity contribution < 1.29 is 41.3 Å². The normalized spacial score (nSPS) is 11.9. The van der Waals surface area contributed by atoms with E-state index in [0.717, 1.165) is 7.11 Å². The lowest BCUT2D eigenvalue weighted by Gasteiger charge is -2.13. The number of nitrogens with zero attached hydrogens (tertiary/aromatic N) is 3. The molecule has 0 saturated heterocycles. The average Bonchev–Trinajstić information content (AvgIpc) is 2.80. The molecule has 0 aromatic carbocycles. The molecular formula is C18H21ClFN5O8S. The van der Waals surface area contributed by atoms with E-state index in [9.17, 15) is 22.4 Å². The first kappa shape index (κ1) is 26.9. The molecule has 1 unspecified atom stereocenters. The smallest absolute Gasteiger partial charge is 0.368 e. The van der Waals surface area contributed by atoms with Gasteiger partial charge in [0.15, 0.2) is 0 Å². The molecule has 34 heavy (non-hydrogen) atoms. The van der Waals surface area contributed by atoms with Crippen LogP contribution in [0.25, 0.3) is 0 Å². The van der Waals surface area contributed by atoms with E-state index in [1.165, 1.54) is 32.5 Å². The number of alkyl halides is 1. The third kappa shape index (κ3) is 7.36. The Balaban J connectivity index is 2.12. The molecule has 0 saturated carbocycles. The molecule has 2 N–H and O–H groups in total. The van der Waals surface area contributed by atoms with Gasteiger partial charge in [0.2, 0.25) is 17.7 Å². The fourth-order valence-corrected chi connectivity index (χ4v) is 4.13. The number of carbonyl (C=O) groups is 2. The lowest BCUT2D eigenvalue weighted by atomic mass is 10.2. The molecule has 0 bridgehead atoms. The van der Waals surface area contributed by atoms with Gasteiger partial charge in [-0.25, -0.2) is 27.1 Å². The summed E-state index contributed by atoms with van der Waals surface area (Å²) in [5.41, 5.74) is -0.00770. The van der Waals surface area contributed by atoms with E-state index in [-0.39, 0.29) is 47.9 Å². The van der Waals surface area contributed by atoms with E-state index < -0.39 is 33.3 Å². The second kappa shape index (κ2) is 12.2. The number of hydrogen-bond acceptors (Lipinski definition) is 11. The Bertz CT molecular complexity index is 1120. The first-order valence-corrected chi connectivity index (χ1v) is 11.2. The summed E-state index contributed by atoms with van der Waals surface area (Å²) >= 11 is 6.06. The number of halogens is 2. The van der Waals surface area contributed by atoms with E-state index in [1.54, 1.807) is 4.72 Å². The topological polar surface area (TPSA) is 168 Å². The Morgan fingerprint density at radius 2 is 1.82 bits per heavy atom. The van der Waals surface area contributed by atoms with E-state index in [2.05, 4.69) is 29.7 Å². The molecule has 0 spiro atoms. The van der Waals surface area contributed by atoms with Gasteiger partial charge in [0, 0.05) is 13.3 Å². The van der Waals surface area contributed by atoms with Crippen molar-refractivity contribution >= 4 is 39.6 Å². The maximum absolute atomic E-state index is 13.0. The van der Waals surface area contributed by atoms with E-state index in [1.807, 2.05) is 0 Å². The number of urea groups is 1. The Labute approximate surface area is 199 Å². The van der Waals surface area contributed by atoms with Crippen LogP contribution in [-0.4, -0.2) is 69.7 Å². The van der Waals surface area contributed by atoms with Gasteiger partial charge < -0.3 is 18.9 Å². The second-order valence-corrected chi connectivity index (χ2v) is 8.25. The zero-order chi connectivity index (χ0) is 25.3. The molecule has 0 aliphatic carbocycles. The number of amides is 2. The summed E-state index contributed by atoms with van der Waals surface area (Å²) in [6.45, 7) is -0.237. The SMILES string of the molecule is COc1cc(OC)nc(NC(=O)NS(=O)(=O)c2c(Cl)ccnc2CCCOC(=O)C(F)OC)n1. The molecular weight excluding hydrogens is 501 g/mol. The summed E-state index contributed by atoms with van der Waals surface area (Å²) in [4.78, 5) is 34.9. The lowest BCUT2D eigenvalue weighted by molar-refractivity contribution is -0.166. The summed E-state index contributed by atoms with van der Waals surface area (Å²) in [6, 6.07) is 1.38. The summed E-state index contributed by atoms with van der Waals surface area (Å²) in [7, 11) is -0.847. The number of ether oxygens (including phenoxy) is 4. The van der Waals surface area contributed by atoms with Crippen molar-refractivity contribution in [1.29, 1.82) is 0 Å². The van der Waals surface area contributed by atoms with Crippen LogP contribution >= 0.6 is 11.6 Å². The zero-order valence-electron chi connectivity index (χ0n) is 18.2. The van der Waals surface area contributed by atoms with Crippen molar-refractivity contribution in [1.82, 2.24) is 19.7 Å². The van der Waals surface area contributed by atoms with E-state index in [4.69, 9.17) is 21.1 Å². The highest BCUT2D eigenvalue weighted by molar-refractivity contribution is 7.90. The molecule has 16 heteroatoms. The van der Waals surface area contributed by atoms with Crippen LogP contribution in [0.15, 0.2) is 23.2 Å². The number of sulfonamides is 1. The number of pyridine rings is 1. The number of hydrogen-bond donors (Lipinski definition) is 2.